The number of hydrogen-bond donors (Lipinski definition) is 0. The molecule has 5 nitrogen and oxygen atoms in total. The minimum Gasteiger partial charge on any atom is -0.379 e. The van der Waals surface area contributed by atoms with Crippen molar-refractivity contribution in [3.05, 3.63) is 52.2 Å². The van der Waals surface area contributed by atoms with E-state index < -0.39 is 0 Å². The number of nitrogens with zero attached hydrogens (tertiary/aromatic N) is 3. The average molecular weight is 454 g/mol. The summed E-state index contributed by atoms with van der Waals surface area (Å²) in [4.78, 5) is 21.3. The van der Waals surface area contributed by atoms with Gasteiger partial charge in [0.25, 0.3) is 0 Å². The quantitative estimate of drug-likeness (QED) is 0.558. The third kappa shape index (κ3) is 3.61. The lowest BCUT2D eigenvalue weighted by atomic mass is 9.97. The predicted octanol–water partition coefficient (Wildman–Crippen LogP) is 5.01. The average Bonchev–Trinajstić information content (AvgIpc) is 2.98. The molecule has 1 aromatic heterocycles. The molecule has 2 aliphatic rings. The zero-order chi connectivity index (χ0) is 22.4. The molecule has 2 atom stereocenters. The molecule has 1 saturated heterocycles. The Bertz CT molecular complexity index is 1220. The van der Waals surface area contributed by atoms with Crippen LogP contribution in [0.15, 0.2) is 40.0 Å². The predicted molar refractivity (Wildman–Crippen MR) is 128 cm³/mol. The largest absolute Gasteiger partial charge is 0.379 e. The molecule has 2 aromatic carbocycles. The van der Waals surface area contributed by atoms with E-state index >= 15 is 0 Å². The molecule has 3 aromatic rings. The summed E-state index contributed by atoms with van der Waals surface area (Å²) in [7, 11) is 1.69. The van der Waals surface area contributed by atoms with E-state index in [1.165, 1.54) is 18.6 Å². The molecule has 1 fully saturated rings. The van der Waals surface area contributed by atoms with Gasteiger partial charge in [0.1, 0.15) is 11.6 Å². The van der Waals surface area contributed by atoms with E-state index in [1.807, 2.05) is 12.1 Å². The van der Waals surface area contributed by atoms with E-state index in [2.05, 4.69) is 29.8 Å². The third-order valence-electron chi connectivity index (χ3n) is 6.74. The lowest BCUT2D eigenvalue weighted by Crippen LogP contribution is -2.40. The van der Waals surface area contributed by atoms with Crippen LogP contribution in [0.4, 0.5) is 10.2 Å². The van der Waals surface area contributed by atoms with Crippen molar-refractivity contribution < 1.29 is 9.13 Å². The Morgan fingerprint density at radius 2 is 2.00 bits per heavy atom. The number of piperidine rings is 1. The molecule has 2 aliphatic heterocycles. The van der Waals surface area contributed by atoms with E-state index in [9.17, 15) is 9.18 Å². The van der Waals surface area contributed by atoms with Crippen LogP contribution in [0.1, 0.15) is 31.7 Å². The molecule has 3 heterocycles. The number of anilines is 1. The first kappa shape index (κ1) is 21.5. The molecule has 0 radical (unpaired) electrons. The van der Waals surface area contributed by atoms with Gasteiger partial charge in [0.05, 0.1) is 18.2 Å². The van der Waals surface area contributed by atoms with Crippen molar-refractivity contribution in [1.29, 1.82) is 0 Å². The summed E-state index contributed by atoms with van der Waals surface area (Å²) in [6.07, 6.45) is 3.33. The standard InChI is InChI=1S/C25H28FN3O2S/c1-15-12-20-22-23(21(15)17-7-9-18(26)10-8-17)32-14-19(31-3)13-29(22)25(30)27-24(20)28-11-5-4-6-16(28)2/h7-10,12,16,19H,4-6,11,13-14H2,1-3H3/t16-,19+/m0/s1. The second-order valence-electron chi connectivity index (χ2n) is 8.84. The number of halogens is 1. The smallest absolute Gasteiger partial charge is 0.350 e. The summed E-state index contributed by atoms with van der Waals surface area (Å²) >= 11 is 1.71. The van der Waals surface area contributed by atoms with Crippen LogP contribution in [-0.4, -0.2) is 41.1 Å². The van der Waals surface area contributed by atoms with Gasteiger partial charge < -0.3 is 9.64 Å². The van der Waals surface area contributed by atoms with Crippen molar-refractivity contribution in [3.63, 3.8) is 0 Å². The van der Waals surface area contributed by atoms with Crippen LogP contribution < -0.4 is 10.6 Å². The zero-order valence-corrected chi connectivity index (χ0v) is 19.5. The van der Waals surface area contributed by atoms with Crippen LogP contribution in [0.25, 0.3) is 22.0 Å². The minimum absolute atomic E-state index is 0.0868. The van der Waals surface area contributed by atoms with Gasteiger partial charge in [-0.3, -0.25) is 4.57 Å². The van der Waals surface area contributed by atoms with Crippen molar-refractivity contribution >= 4 is 28.5 Å². The Morgan fingerprint density at radius 3 is 2.72 bits per heavy atom. The van der Waals surface area contributed by atoms with E-state index in [0.29, 0.717) is 12.6 Å². The second kappa shape index (κ2) is 8.52. The van der Waals surface area contributed by atoms with Gasteiger partial charge in [0, 0.05) is 41.3 Å². The molecule has 32 heavy (non-hydrogen) atoms. The fourth-order valence-electron chi connectivity index (χ4n) is 5.01. The molecule has 0 spiro atoms. The highest BCUT2D eigenvalue weighted by atomic mass is 32.2. The third-order valence-corrected chi connectivity index (χ3v) is 7.96. The highest BCUT2D eigenvalue weighted by molar-refractivity contribution is 7.99. The molecular weight excluding hydrogens is 425 g/mol. The summed E-state index contributed by atoms with van der Waals surface area (Å²) in [6, 6.07) is 9.12. The Labute approximate surface area is 191 Å². The van der Waals surface area contributed by atoms with Gasteiger partial charge in [-0.15, -0.1) is 11.8 Å². The monoisotopic (exact) mass is 453 g/mol. The van der Waals surface area contributed by atoms with Gasteiger partial charge in [-0.2, -0.15) is 4.98 Å². The van der Waals surface area contributed by atoms with Crippen molar-refractivity contribution in [2.45, 2.75) is 56.7 Å². The molecule has 0 N–H and O–H groups in total. The summed E-state index contributed by atoms with van der Waals surface area (Å²) in [6.45, 7) is 5.69. The van der Waals surface area contributed by atoms with Gasteiger partial charge >= 0.3 is 5.69 Å². The Balaban J connectivity index is 1.83. The first-order valence-electron chi connectivity index (χ1n) is 11.2. The summed E-state index contributed by atoms with van der Waals surface area (Å²) in [5.74, 6) is 1.27. The number of methoxy groups -OCH3 is 1. The van der Waals surface area contributed by atoms with Crippen LogP contribution in [0.5, 0.6) is 0 Å². The zero-order valence-electron chi connectivity index (χ0n) is 18.7. The van der Waals surface area contributed by atoms with Gasteiger partial charge in [0.2, 0.25) is 0 Å². The van der Waals surface area contributed by atoms with Crippen molar-refractivity contribution in [1.82, 2.24) is 9.55 Å². The lowest BCUT2D eigenvalue weighted by molar-refractivity contribution is 0.107. The topological polar surface area (TPSA) is 47.4 Å². The number of hydrogen-bond acceptors (Lipinski definition) is 5. The van der Waals surface area contributed by atoms with E-state index in [0.717, 1.165) is 63.4 Å². The van der Waals surface area contributed by atoms with Gasteiger partial charge in [0.15, 0.2) is 0 Å². The molecule has 0 unspecified atom stereocenters. The van der Waals surface area contributed by atoms with Crippen LogP contribution >= 0.6 is 11.8 Å². The van der Waals surface area contributed by atoms with Crippen LogP contribution in [0.2, 0.25) is 0 Å². The lowest BCUT2D eigenvalue weighted by Gasteiger charge is -2.35. The Kier molecular flexibility index (Phi) is 5.72. The van der Waals surface area contributed by atoms with E-state index in [-0.39, 0.29) is 17.6 Å². The molecular formula is C25H28FN3O2S. The molecule has 0 amide bonds. The number of benzene rings is 2. The van der Waals surface area contributed by atoms with Gasteiger partial charge in [-0.25, -0.2) is 9.18 Å². The first-order chi connectivity index (χ1) is 15.5. The Morgan fingerprint density at radius 1 is 1.22 bits per heavy atom. The van der Waals surface area contributed by atoms with Crippen molar-refractivity contribution in [2.75, 3.05) is 24.3 Å². The molecule has 5 rings (SSSR count). The fourth-order valence-corrected chi connectivity index (χ4v) is 6.39. The summed E-state index contributed by atoms with van der Waals surface area (Å²) in [5.41, 5.74) is 3.79. The van der Waals surface area contributed by atoms with Gasteiger partial charge in [-0.1, -0.05) is 12.1 Å². The number of rotatable bonds is 3. The minimum atomic E-state index is -0.257. The fraction of sp³-hybridized carbons (Fsp3) is 0.440. The molecule has 0 saturated carbocycles. The number of aryl methyl sites for hydroxylation is 1. The maximum atomic E-state index is 13.6. The van der Waals surface area contributed by atoms with Crippen LogP contribution in [0.3, 0.4) is 0 Å². The number of aromatic nitrogens is 2. The first-order valence-corrected chi connectivity index (χ1v) is 12.2. The SMILES string of the molecule is CO[C@H]1CSc2c(-c3ccc(F)cc3)c(C)cc3c(N4CCCC[C@@H]4C)nc(=O)n(c23)C1. The maximum Gasteiger partial charge on any atom is 0.350 e. The van der Waals surface area contributed by atoms with Crippen molar-refractivity contribution in [2.24, 2.45) is 0 Å². The Hall–Kier alpha value is -2.38. The normalized spacial score (nSPS) is 21.1. The summed E-state index contributed by atoms with van der Waals surface area (Å²) < 4.78 is 21.1. The number of ether oxygens (including phenoxy) is 1. The summed E-state index contributed by atoms with van der Waals surface area (Å²) in [5, 5.41) is 1.01. The van der Waals surface area contributed by atoms with Gasteiger partial charge in [-0.05, 0) is 62.4 Å². The molecule has 7 heteroatoms. The second-order valence-corrected chi connectivity index (χ2v) is 9.87. The highest BCUT2D eigenvalue weighted by Gasteiger charge is 2.29. The van der Waals surface area contributed by atoms with E-state index in [1.54, 1.807) is 23.4 Å². The van der Waals surface area contributed by atoms with Crippen LogP contribution in [0, 0.1) is 12.7 Å². The number of thioether (sulfide) groups is 1. The maximum absolute atomic E-state index is 13.6. The van der Waals surface area contributed by atoms with E-state index in [4.69, 9.17) is 4.74 Å². The molecule has 0 bridgehead atoms. The molecule has 0 aliphatic carbocycles. The highest BCUT2D eigenvalue weighted by Crippen LogP contribution is 2.44. The molecule has 168 valence electrons. The van der Waals surface area contributed by atoms with Crippen molar-refractivity contribution in [3.8, 4) is 11.1 Å². The van der Waals surface area contributed by atoms with Crippen LogP contribution in [-0.2, 0) is 11.3 Å².